The SMILES string of the molecule is Cc1nc(N)nc(N(C)CC2CC3CCC2C3)c1[N+](=O)[O-]. The Morgan fingerprint density at radius 2 is 2.14 bits per heavy atom. The molecule has 7 nitrogen and oxygen atoms in total. The van der Waals surface area contributed by atoms with Crippen molar-refractivity contribution in [1.29, 1.82) is 0 Å². The molecule has 1 aromatic heterocycles. The molecule has 0 saturated heterocycles. The molecule has 0 amide bonds. The molecule has 2 saturated carbocycles. The Hall–Kier alpha value is -1.92. The highest BCUT2D eigenvalue weighted by molar-refractivity contribution is 5.61. The summed E-state index contributed by atoms with van der Waals surface area (Å²) in [6, 6.07) is 0. The van der Waals surface area contributed by atoms with Gasteiger partial charge in [0.25, 0.3) is 0 Å². The van der Waals surface area contributed by atoms with Crippen LogP contribution in [0.15, 0.2) is 0 Å². The summed E-state index contributed by atoms with van der Waals surface area (Å²) >= 11 is 0. The third kappa shape index (κ3) is 2.52. The van der Waals surface area contributed by atoms with Gasteiger partial charge in [0, 0.05) is 13.6 Å². The zero-order valence-corrected chi connectivity index (χ0v) is 12.5. The van der Waals surface area contributed by atoms with E-state index in [9.17, 15) is 10.1 Å². The standard InChI is InChI=1S/C14H21N5O2/c1-8-12(19(20)21)13(17-14(15)16-8)18(2)7-11-6-9-3-4-10(11)5-9/h9-11H,3-7H2,1-2H3,(H2,15,16,17). The number of nitrogen functional groups attached to an aromatic ring is 1. The van der Waals surface area contributed by atoms with Gasteiger partial charge in [-0.25, -0.2) is 4.98 Å². The van der Waals surface area contributed by atoms with E-state index >= 15 is 0 Å². The molecule has 0 aromatic carbocycles. The molecule has 3 rings (SSSR count). The Bertz CT molecular complexity index is 577. The van der Waals surface area contributed by atoms with E-state index in [4.69, 9.17) is 5.73 Å². The summed E-state index contributed by atoms with van der Waals surface area (Å²) < 4.78 is 0. The Balaban J connectivity index is 1.84. The Morgan fingerprint density at radius 3 is 2.71 bits per heavy atom. The monoisotopic (exact) mass is 291 g/mol. The molecule has 114 valence electrons. The Morgan fingerprint density at radius 1 is 1.38 bits per heavy atom. The van der Waals surface area contributed by atoms with Crippen LogP contribution >= 0.6 is 0 Å². The summed E-state index contributed by atoms with van der Waals surface area (Å²) in [5, 5.41) is 11.3. The lowest BCUT2D eigenvalue weighted by Crippen LogP contribution is -2.30. The van der Waals surface area contributed by atoms with Gasteiger partial charge in [0.05, 0.1) is 4.92 Å². The van der Waals surface area contributed by atoms with Crippen molar-refractivity contribution in [2.24, 2.45) is 17.8 Å². The molecular weight excluding hydrogens is 270 g/mol. The first-order valence-electron chi connectivity index (χ1n) is 7.45. The first-order valence-corrected chi connectivity index (χ1v) is 7.45. The average Bonchev–Trinajstić information content (AvgIpc) is 2.99. The van der Waals surface area contributed by atoms with E-state index in [-0.39, 0.29) is 11.6 Å². The number of hydrogen-bond donors (Lipinski definition) is 1. The molecule has 3 unspecified atom stereocenters. The van der Waals surface area contributed by atoms with Crippen LogP contribution in [-0.4, -0.2) is 28.5 Å². The van der Waals surface area contributed by atoms with Gasteiger partial charge in [0.15, 0.2) is 0 Å². The van der Waals surface area contributed by atoms with E-state index in [1.165, 1.54) is 25.7 Å². The topological polar surface area (TPSA) is 98.2 Å². The largest absolute Gasteiger partial charge is 0.368 e. The van der Waals surface area contributed by atoms with Crippen LogP contribution in [0.4, 0.5) is 17.5 Å². The van der Waals surface area contributed by atoms with Gasteiger partial charge in [-0.2, -0.15) is 4.98 Å². The molecule has 0 spiro atoms. The number of nitrogens with two attached hydrogens (primary N) is 1. The molecule has 0 aliphatic heterocycles. The van der Waals surface area contributed by atoms with Crippen molar-refractivity contribution in [1.82, 2.24) is 9.97 Å². The number of nitrogens with zero attached hydrogens (tertiary/aromatic N) is 4. The van der Waals surface area contributed by atoms with E-state index in [1.54, 1.807) is 6.92 Å². The summed E-state index contributed by atoms with van der Waals surface area (Å²) in [4.78, 5) is 20.8. The normalized spacial score (nSPS) is 27.0. The lowest BCUT2D eigenvalue weighted by Gasteiger charge is -2.27. The molecule has 2 fully saturated rings. The number of rotatable bonds is 4. The molecule has 3 atom stereocenters. The maximum atomic E-state index is 11.3. The number of fused-ring (bicyclic) bond motifs is 2. The fourth-order valence-electron chi connectivity index (χ4n) is 4.09. The van der Waals surface area contributed by atoms with Crippen molar-refractivity contribution in [3.63, 3.8) is 0 Å². The second-order valence-electron chi connectivity index (χ2n) is 6.41. The molecule has 2 N–H and O–H groups in total. The zero-order chi connectivity index (χ0) is 15.1. The number of nitro groups is 1. The molecular formula is C14H21N5O2. The van der Waals surface area contributed by atoms with Gasteiger partial charge in [-0.15, -0.1) is 0 Å². The minimum atomic E-state index is -0.415. The first-order chi connectivity index (χ1) is 9.95. The van der Waals surface area contributed by atoms with Gasteiger partial charge < -0.3 is 10.6 Å². The highest BCUT2D eigenvalue weighted by atomic mass is 16.6. The second-order valence-corrected chi connectivity index (χ2v) is 6.41. The van der Waals surface area contributed by atoms with Crippen LogP contribution < -0.4 is 10.6 Å². The smallest absolute Gasteiger partial charge is 0.332 e. The highest BCUT2D eigenvalue weighted by Crippen LogP contribution is 2.48. The number of hydrogen-bond acceptors (Lipinski definition) is 6. The fourth-order valence-corrected chi connectivity index (χ4v) is 4.09. The third-order valence-electron chi connectivity index (χ3n) is 4.99. The summed E-state index contributed by atoms with van der Waals surface area (Å²) in [7, 11) is 1.86. The predicted octanol–water partition coefficient (Wildman–Crippen LogP) is 2.15. The summed E-state index contributed by atoms with van der Waals surface area (Å²) in [6.07, 6.45) is 5.22. The van der Waals surface area contributed by atoms with Gasteiger partial charge in [0.2, 0.25) is 11.8 Å². The van der Waals surface area contributed by atoms with E-state index in [0.29, 0.717) is 17.4 Å². The van der Waals surface area contributed by atoms with Gasteiger partial charge in [-0.05, 0) is 43.9 Å². The number of aromatic nitrogens is 2. The third-order valence-corrected chi connectivity index (χ3v) is 4.99. The van der Waals surface area contributed by atoms with E-state index in [0.717, 1.165) is 18.4 Å². The predicted molar refractivity (Wildman–Crippen MR) is 80.0 cm³/mol. The van der Waals surface area contributed by atoms with Crippen molar-refractivity contribution in [2.45, 2.75) is 32.6 Å². The van der Waals surface area contributed by atoms with Crippen molar-refractivity contribution in [3.8, 4) is 0 Å². The minimum Gasteiger partial charge on any atom is -0.368 e. The van der Waals surface area contributed by atoms with Crippen LogP contribution in [0.1, 0.15) is 31.4 Å². The molecule has 1 aromatic rings. The van der Waals surface area contributed by atoms with Crippen molar-refractivity contribution < 1.29 is 4.92 Å². The lowest BCUT2D eigenvalue weighted by atomic mass is 9.88. The molecule has 21 heavy (non-hydrogen) atoms. The lowest BCUT2D eigenvalue weighted by molar-refractivity contribution is -0.385. The molecule has 2 bridgehead atoms. The van der Waals surface area contributed by atoms with E-state index in [2.05, 4.69) is 9.97 Å². The quantitative estimate of drug-likeness (QED) is 0.674. The van der Waals surface area contributed by atoms with E-state index in [1.807, 2.05) is 11.9 Å². The highest BCUT2D eigenvalue weighted by Gasteiger charge is 2.40. The Kier molecular flexibility index (Phi) is 3.43. The van der Waals surface area contributed by atoms with Crippen LogP contribution in [-0.2, 0) is 0 Å². The zero-order valence-electron chi connectivity index (χ0n) is 12.5. The molecule has 2 aliphatic carbocycles. The van der Waals surface area contributed by atoms with Crippen LogP contribution in [0.25, 0.3) is 0 Å². The minimum absolute atomic E-state index is 0.0325. The number of aryl methyl sites for hydroxylation is 1. The van der Waals surface area contributed by atoms with Gasteiger partial charge in [-0.1, -0.05) is 6.42 Å². The first kappa shape index (κ1) is 14.0. The second kappa shape index (κ2) is 5.13. The average molecular weight is 291 g/mol. The van der Waals surface area contributed by atoms with Crippen LogP contribution in [0, 0.1) is 34.8 Å². The maximum absolute atomic E-state index is 11.3. The molecule has 7 heteroatoms. The summed E-state index contributed by atoms with van der Waals surface area (Å²) in [5.41, 5.74) is 5.95. The van der Waals surface area contributed by atoms with Crippen LogP contribution in [0.3, 0.4) is 0 Å². The maximum Gasteiger partial charge on any atom is 0.332 e. The van der Waals surface area contributed by atoms with Gasteiger partial charge >= 0.3 is 5.69 Å². The molecule has 0 radical (unpaired) electrons. The van der Waals surface area contributed by atoms with Crippen LogP contribution in [0.2, 0.25) is 0 Å². The molecule has 1 heterocycles. The van der Waals surface area contributed by atoms with Crippen LogP contribution in [0.5, 0.6) is 0 Å². The molecule has 2 aliphatic rings. The summed E-state index contributed by atoms with van der Waals surface area (Å²) in [5.74, 6) is 2.68. The van der Waals surface area contributed by atoms with E-state index < -0.39 is 4.92 Å². The fraction of sp³-hybridized carbons (Fsp3) is 0.714. The van der Waals surface area contributed by atoms with Gasteiger partial charge in [0.1, 0.15) is 5.69 Å². The Labute approximate surface area is 123 Å². The summed E-state index contributed by atoms with van der Waals surface area (Å²) in [6.45, 7) is 2.41. The van der Waals surface area contributed by atoms with Crippen molar-refractivity contribution >= 4 is 17.5 Å². The number of anilines is 2. The van der Waals surface area contributed by atoms with Gasteiger partial charge in [-0.3, -0.25) is 10.1 Å². The van der Waals surface area contributed by atoms with Crippen molar-refractivity contribution in [2.75, 3.05) is 24.2 Å². The van der Waals surface area contributed by atoms with Crippen molar-refractivity contribution in [3.05, 3.63) is 15.8 Å².